The van der Waals surface area contributed by atoms with E-state index in [1.807, 2.05) is 0 Å². The third-order valence-electron chi connectivity index (χ3n) is 5.62. The Labute approximate surface area is 174 Å². The number of hydrogen-bond acceptors (Lipinski definition) is 0. The Balaban J connectivity index is 0.00000625. The summed E-state index contributed by atoms with van der Waals surface area (Å²) >= 11 is 0. The van der Waals surface area contributed by atoms with Crippen LogP contribution in [0.15, 0.2) is 18.3 Å². The lowest BCUT2D eigenvalue weighted by Gasteiger charge is -2.04. The average Bonchev–Trinajstić information content (AvgIpc) is 2.61. The highest BCUT2D eigenvalue weighted by molar-refractivity contribution is 5.11. The van der Waals surface area contributed by atoms with Gasteiger partial charge < -0.3 is 17.0 Å². The van der Waals surface area contributed by atoms with Crippen molar-refractivity contribution in [3.8, 4) is 0 Å². The Morgan fingerprint density at radius 2 is 1.08 bits per heavy atom. The monoisotopic (exact) mass is 425 g/mol. The van der Waals surface area contributed by atoms with Gasteiger partial charge in [0.15, 0.2) is 11.9 Å². The normalized spacial score (nSPS) is 10.7. The van der Waals surface area contributed by atoms with Gasteiger partial charge >= 0.3 is 0 Å². The minimum Gasteiger partial charge on any atom is -1.00 e. The Morgan fingerprint density at radius 3 is 1.54 bits per heavy atom. The SMILES string of the molecule is CCCCCCCCCCCCCCCCC[n+]1cccc(C)c1C.[Br-]. The first-order valence-electron chi connectivity index (χ1n) is 11.2. The number of halogens is 1. The van der Waals surface area contributed by atoms with E-state index in [1.54, 1.807) is 0 Å². The summed E-state index contributed by atoms with van der Waals surface area (Å²) in [5.74, 6) is 0. The number of nitrogens with zero attached hydrogens (tertiary/aromatic N) is 1. The van der Waals surface area contributed by atoms with Crippen LogP contribution in [-0.2, 0) is 6.54 Å². The second kappa shape index (κ2) is 18.0. The van der Waals surface area contributed by atoms with Gasteiger partial charge in [-0.05, 0) is 19.4 Å². The van der Waals surface area contributed by atoms with E-state index >= 15 is 0 Å². The maximum atomic E-state index is 2.41. The Morgan fingerprint density at radius 1 is 0.654 bits per heavy atom. The first-order valence-corrected chi connectivity index (χ1v) is 11.2. The molecule has 0 radical (unpaired) electrons. The Hall–Kier alpha value is -0.370. The molecule has 2 heteroatoms. The summed E-state index contributed by atoms with van der Waals surface area (Å²) in [5, 5.41) is 0. The largest absolute Gasteiger partial charge is 1.00 e. The molecule has 0 unspecified atom stereocenters. The molecular weight excluding hydrogens is 382 g/mol. The highest BCUT2D eigenvalue weighted by atomic mass is 79.9. The Bertz CT molecular complexity index is 430. The molecule has 0 amide bonds. The molecule has 152 valence electrons. The fraction of sp³-hybridized carbons (Fsp3) is 0.792. The van der Waals surface area contributed by atoms with Crippen LogP contribution >= 0.6 is 0 Å². The molecule has 0 atom stereocenters. The summed E-state index contributed by atoms with van der Waals surface area (Å²) in [5.41, 5.74) is 2.83. The molecule has 26 heavy (non-hydrogen) atoms. The molecule has 0 aliphatic carbocycles. The minimum absolute atomic E-state index is 0. The second-order valence-corrected chi connectivity index (χ2v) is 7.92. The third-order valence-corrected chi connectivity index (χ3v) is 5.62. The smallest absolute Gasteiger partial charge is 0.181 e. The van der Waals surface area contributed by atoms with Gasteiger partial charge in [0.25, 0.3) is 0 Å². The van der Waals surface area contributed by atoms with Crippen molar-refractivity contribution in [2.24, 2.45) is 0 Å². The molecule has 0 bridgehead atoms. The van der Waals surface area contributed by atoms with E-state index in [2.05, 4.69) is 43.7 Å². The van der Waals surface area contributed by atoms with Crippen molar-refractivity contribution >= 4 is 0 Å². The highest BCUT2D eigenvalue weighted by Gasteiger charge is 2.07. The van der Waals surface area contributed by atoms with Gasteiger partial charge in [0, 0.05) is 25.0 Å². The van der Waals surface area contributed by atoms with Gasteiger partial charge in [-0.15, -0.1) is 0 Å². The molecule has 0 aliphatic heterocycles. The van der Waals surface area contributed by atoms with Crippen molar-refractivity contribution in [1.82, 2.24) is 0 Å². The van der Waals surface area contributed by atoms with Crippen LogP contribution in [0.5, 0.6) is 0 Å². The van der Waals surface area contributed by atoms with Gasteiger partial charge in [0.1, 0.15) is 6.54 Å². The molecular formula is C24H44BrN. The molecule has 1 nitrogen and oxygen atoms in total. The molecule has 0 spiro atoms. The average molecular weight is 427 g/mol. The van der Waals surface area contributed by atoms with E-state index in [-0.39, 0.29) is 17.0 Å². The fourth-order valence-electron chi connectivity index (χ4n) is 3.65. The molecule has 0 saturated heterocycles. The van der Waals surface area contributed by atoms with Gasteiger partial charge in [-0.25, -0.2) is 4.57 Å². The van der Waals surface area contributed by atoms with Gasteiger partial charge in [-0.2, -0.15) is 0 Å². The van der Waals surface area contributed by atoms with Crippen molar-refractivity contribution < 1.29 is 21.5 Å². The zero-order valence-electron chi connectivity index (χ0n) is 17.9. The Kier molecular flexibility index (Phi) is 17.8. The van der Waals surface area contributed by atoms with E-state index in [9.17, 15) is 0 Å². The van der Waals surface area contributed by atoms with Crippen LogP contribution in [0.25, 0.3) is 0 Å². The molecule has 0 aliphatic rings. The van der Waals surface area contributed by atoms with Crippen LogP contribution in [0.1, 0.15) is 114 Å². The molecule has 0 saturated carbocycles. The van der Waals surface area contributed by atoms with Crippen LogP contribution in [-0.4, -0.2) is 0 Å². The standard InChI is InChI=1S/C24H44N.BrH/c1-4-5-6-7-8-9-10-11-12-13-14-15-16-17-18-21-25-22-19-20-23(2)24(25)3;/h19-20,22H,4-18,21H2,1-3H3;1H/q+1;/p-1. The highest BCUT2D eigenvalue weighted by Crippen LogP contribution is 2.13. The predicted molar refractivity (Wildman–Crippen MR) is 111 cm³/mol. The summed E-state index contributed by atoms with van der Waals surface area (Å²) in [6.45, 7) is 7.93. The summed E-state index contributed by atoms with van der Waals surface area (Å²) in [6.07, 6.45) is 23.8. The lowest BCUT2D eigenvalue weighted by molar-refractivity contribution is -0.703. The molecule has 1 aromatic heterocycles. The van der Waals surface area contributed by atoms with Crippen LogP contribution in [0.4, 0.5) is 0 Å². The number of pyridine rings is 1. The van der Waals surface area contributed by atoms with Crippen molar-refractivity contribution in [3.05, 3.63) is 29.6 Å². The van der Waals surface area contributed by atoms with Gasteiger partial charge in [0.2, 0.25) is 0 Å². The molecule has 0 fully saturated rings. The number of aryl methyl sites for hydroxylation is 2. The number of hydrogen-bond donors (Lipinski definition) is 0. The van der Waals surface area contributed by atoms with Crippen LogP contribution in [0, 0.1) is 13.8 Å². The van der Waals surface area contributed by atoms with E-state index in [1.165, 1.54) is 114 Å². The van der Waals surface area contributed by atoms with Gasteiger partial charge in [0.05, 0.1) is 0 Å². The zero-order valence-corrected chi connectivity index (χ0v) is 19.5. The zero-order chi connectivity index (χ0) is 18.2. The predicted octanol–water partition coefficient (Wildman–Crippen LogP) is 4.47. The maximum Gasteiger partial charge on any atom is 0.181 e. The van der Waals surface area contributed by atoms with Crippen LogP contribution in [0.3, 0.4) is 0 Å². The first-order chi connectivity index (χ1) is 12.3. The third kappa shape index (κ3) is 12.9. The second-order valence-electron chi connectivity index (χ2n) is 7.92. The fourth-order valence-corrected chi connectivity index (χ4v) is 3.65. The molecule has 0 aromatic carbocycles. The van der Waals surface area contributed by atoms with E-state index in [0.717, 1.165) is 0 Å². The molecule has 1 heterocycles. The maximum absolute atomic E-state index is 2.41. The summed E-state index contributed by atoms with van der Waals surface area (Å²) in [4.78, 5) is 0. The van der Waals surface area contributed by atoms with Gasteiger partial charge in [-0.1, -0.05) is 90.4 Å². The number of unbranched alkanes of at least 4 members (excludes halogenated alkanes) is 14. The van der Waals surface area contributed by atoms with Crippen molar-refractivity contribution in [1.29, 1.82) is 0 Å². The lowest BCUT2D eigenvalue weighted by Crippen LogP contribution is -3.00. The van der Waals surface area contributed by atoms with Crippen molar-refractivity contribution in [2.45, 2.75) is 124 Å². The van der Waals surface area contributed by atoms with E-state index in [0.29, 0.717) is 0 Å². The van der Waals surface area contributed by atoms with Crippen molar-refractivity contribution in [2.75, 3.05) is 0 Å². The molecule has 1 rings (SSSR count). The van der Waals surface area contributed by atoms with Crippen LogP contribution in [0.2, 0.25) is 0 Å². The molecule has 1 aromatic rings. The summed E-state index contributed by atoms with van der Waals surface area (Å²) in [6, 6.07) is 4.38. The summed E-state index contributed by atoms with van der Waals surface area (Å²) < 4.78 is 2.41. The van der Waals surface area contributed by atoms with Crippen LogP contribution < -0.4 is 21.5 Å². The van der Waals surface area contributed by atoms with Crippen molar-refractivity contribution in [3.63, 3.8) is 0 Å². The topological polar surface area (TPSA) is 3.88 Å². The molecule has 0 N–H and O–H groups in total. The lowest BCUT2D eigenvalue weighted by atomic mass is 10.0. The minimum atomic E-state index is 0. The van der Waals surface area contributed by atoms with E-state index in [4.69, 9.17) is 0 Å². The van der Waals surface area contributed by atoms with E-state index < -0.39 is 0 Å². The summed E-state index contributed by atoms with van der Waals surface area (Å²) in [7, 11) is 0. The van der Waals surface area contributed by atoms with Gasteiger partial charge in [-0.3, -0.25) is 0 Å². The number of rotatable bonds is 16. The first kappa shape index (κ1) is 25.6. The number of aromatic nitrogens is 1. The quantitative estimate of drug-likeness (QED) is 0.271.